The van der Waals surface area contributed by atoms with Gasteiger partial charge >= 0.3 is 0 Å². The van der Waals surface area contributed by atoms with Crippen LogP contribution in [0.25, 0.3) is 11.1 Å². The number of unbranched alkanes of at least 4 members (excludes halogenated alkanes) is 4. The smallest absolute Gasteiger partial charge is 0.0657 e. The molecule has 6 rings (SSSR count). The number of allylic oxidation sites excluding steroid dienone is 2. The summed E-state index contributed by atoms with van der Waals surface area (Å²) in [7, 11) is 0. The van der Waals surface area contributed by atoms with Crippen LogP contribution in [0.15, 0.2) is 60.7 Å². The first kappa shape index (κ1) is 46.4. The Hall–Kier alpha value is -2.12. The fourth-order valence-corrected chi connectivity index (χ4v) is 12.6. The van der Waals surface area contributed by atoms with Gasteiger partial charge in [0.1, 0.15) is 0 Å². The van der Waals surface area contributed by atoms with Crippen molar-refractivity contribution >= 4 is 11.1 Å². The molecule has 1 nitrogen and oxygen atoms in total. The molecule has 1 heteroatoms. The van der Waals surface area contributed by atoms with Gasteiger partial charge in [-0.1, -0.05) is 165 Å². The normalized spacial score (nSPS) is 28.5. The van der Waals surface area contributed by atoms with E-state index >= 15 is 0 Å². The molecule has 328 valence electrons. The highest BCUT2D eigenvalue weighted by Gasteiger charge is 2.28. The molecule has 0 bridgehead atoms. The van der Waals surface area contributed by atoms with Gasteiger partial charge in [-0.15, -0.1) is 0 Å². The first-order valence-electron chi connectivity index (χ1n) is 26.3. The zero-order valence-electron chi connectivity index (χ0n) is 39.0. The second-order valence-corrected chi connectivity index (χ2v) is 20.5. The van der Waals surface area contributed by atoms with Crippen LogP contribution in [0, 0.1) is 35.5 Å². The summed E-state index contributed by atoms with van der Waals surface area (Å²) in [4.78, 5) is 0. The standard InChI is InChI=1S/C58H90O/c1-5-9-11-15-47-21-29-53(30-22-47)57(55-37-33-51(34-38-55)49-25-17-45(13-7-3)18-26-49)41-43-59-44-42-58(54-31-23-48(24-32-54)16-12-10-6-2)56-39-35-52(36-40-56)50-27-19-46(14-8-4)20-28-50/h33-42,45-50,53-54H,5-32,43-44H2,1-4H3. The molecule has 0 saturated heterocycles. The molecule has 0 atom stereocenters. The summed E-state index contributed by atoms with van der Waals surface area (Å²) in [6.45, 7) is 10.8. The quantitative estimate of drug-likeness (QED) is 0.108. The summed E-state index contributed by atoms with van der Waals surface area (Å²) in [5, 5.41) is 0. The van der Waals surface area contributed by atoms with E-state index in [0.717, 1.165) is 35.5 Å². The lowest BCUT2D eigenvalue weighted by Gasteiger charge is -2.31. The van der Waals surface area contributed by atoms with Gasteiger partial charge in [0.25, 0.3) is 0 Å². The van der Waals surface area contributed by atoms with Gasteiger partial charge in [-0.2, -0.15) is 0 Å². The second kappa shape index (κ2) is 25.7. The van der Waals surface area contributed by atoms with E-state index in [4.69, 9.17) is 4.74 Å². The molecule has 59 heavy (non-hydrogen) atoms. The molecule has 2 aromatic rings. The van der Waals surface area contributed by atoms with E-state index in [1.165, 1.54) is 191 Å². The number of hydrogen-bond donors (Lipinski definition) is 0. The molecule has 4 aliphatic rings. The molecule has 0 aromatic heterocycles. The Morgan fingerprint density at radius 1 is 0.407 bits per heavy atom. The van der Waals surface area contributed by atoms with Gasteiger partial charge in [0, 0.05) is 0 Å². The first-order chi connectivity index (χ1) is 29.1. The van der Waals surface area contributed by atoms with Gasteiger partial charge in [0.05, 0.1) is 13.2 Å². The topological polar surface area (TPSA) is 9.23 Å². The Labute approximate surface area is 365 Å². The van der Waals surface area contributed by atoms with Crippen LogP contribution in [0.3, 0.4) is 0 Å². The van der Waals surface area contributed by atoms with E-state index < -0.39 is 0 Å². The van der Waals surface area contributed by atoms with Crippen molar-refractivity contribution < 1.29 is 4.74 Å². The van der Waals surface area contributed by atoms with Crippen molar-refractivity contribution in [3.8, 4) is 0 Å². The van der Waals surface area contributed by atoms with Gasteiger partial charge in [-0.3, -0.25) is 0 Å². The summed E-state index contributed by atoms with van der Waals surface area (Å²) >= 11 is 0. The van der Waals surface area contributed by atoms with E-state index in [1.54, 1.807) is 22.3 Å². The van der Waals surface area contributed by atoms with Crippen molar-refractivity contribution in [1.82, 2.24) is 0 Å². The minimum absolute atomic E-state index is 0.662. The van der Waals surface area contributed by atoms with Crippen LogP contribution in [-0.4, -0.2) is 13.2 Å². The SMILES string of the molecule is CCCCCC1CCC(C(=CCOCC=C(c2ccc(C3CCC(CCC)CC3)cc2)C2CCC(CCCCC)CC2)c2ccc(C3CCC(CCC)CC3)cc2)CC1. The number of ether oxygens (including phenoxy) is 1. The van der Waals surface area contributed by atoms with E-state index in [9.17, 15) is 0 Å². The molecule has 0 N–H and O–H groups in total. The molecule has 0 amide bonds. The average molecular weight is 803 g/mol. The van der Waals surface area contributed by atoms with E-state index in [2.05, 4.69) is 88.4 Å². The van der Waals surface area contributed by atoms with Crippen molar-refractivity contribution in [1.29, 1.82) is 0 Å². The lowest BCUT2D eigenvalue weighted by Crippen LogP contribution is -2.17. The van der Waals surface area contributed by atoms with Crippen LogP contribution in [0.5, 0.6) is 0 Å². The predicted octanol–water partition coefficient (Wildman–Crippen LogP) is 18.1. The van der Waals surface area contributed by atoms with Crippen molar-refractivity contribution in [2.24, 2.45) is 35.5 Å². The van der Waals surface area contributed by atoms with Crippen LogP contribution in [-0.2, 0) is 4.74 Å². The third-order valence-electron chi connectivity index (χ3n) is 16.4. The van der Waals surface area contributed by atoms with E-state index in [0.29, 0.717) is 25.0 Å². The lowest BCUT2D eigenvalue weighted by atomic mass is 9.74. The van der Waals surface area contributed by atoms with Gasteiger partial charge in [-0.05, 0) is 183 Å². The molecular weight excluding hydrogens is 713 g/mol. The molecule has 4 aliphatic carbocycles. The molecule has 4 fully saturated rings. The Kier molecular flexibility index (Phi) is 20.2. The highest BCUT2D eigenvalue weighted by molar-refractivity contribution is 5.69. The van der Waals surface area contributed by atoms with Gasteiger partial charge in [-0.25, -0.2) is 0 Å². The highest BCUT2D eigenvalue weighted by atomic mass is 16.5. The molecule has 0 aliphatic heterocycles. The summed E-state index contributed by atoms with van der Waals surface area (Å²) in [6, 6.07) is 20.0. The summed E-state index contributed by atoms with van der Waals surface area (Å²) < 4.78 is 6.64. The third kappa shape index (κ3) is 14.5. The Bertz CT molecular complexity index is 1350. The summed E-state index contributed by atoms with van der Waals surface area (Å²) in [6.07, 6.45) is 43.9. The van der Waals surface area contributed by atoms with Crippen molar-refractivity contribution in [2.75, 3.05) is 13.2 Å². The molecule has 2 aromatic carbocycles. The van der Waals surface area contributed by atoms with Crippen molar-refractivity contribution in [3.05, 3.63) is 82.9 Å². The fourth-order valence-electron chi connectivity index (χ4n) is 12.6. The maximum absolute atomic E-state index is 6.64. The van der Waals surface area contributed by atoms with Crippen molar-refractivity contribution in [2.45, 2.75) is 219 Å². The Morgan fingerprint density at radius 3 is 1.08 bits per heavy atom. The van der Waals surface area contributed by atoms with Gasteiger partial charge < -0.3 is 4.74 Å². The molecule has 4 saturated carbocycles. The first-order valence-corrected chi connectivity index (χ1v) is 26.3. The molecule has 0 unspecified atom stereocenters. The Morgan fingerprint density at radius 2 is 0.746 bits per heavy atom. The largest absolute Gasteiger partial charge is 0.373 e. The Balaban J connectivity index is 1.12. The lowest BCUT2D eigenvalue weighted by molar-refractivity contribution is 0.193. The second-order valence-electron chi connectivity index (χ2n) is 20.5. The maximum Gasteiger partial charge on any atom is 0.0657 e. The molecular formula is C58H90O. The van der Waals surface area contributed by atoms with Crippen LogP contribution in [0.1, 0.15) is 242 Å². The van der Waals surface area contributed by atoms with E-state index in [1.807, 2.05) is 0 Å². The zero-order chi connectivity index (χ0) is 41.1. The van der Waals surface area contributed by atoms with Crippen LogP contribution in [0.4, 0.5) is 0 Å². The van der Waals surface area contributed by atoms with Gasteiger partial charge in [0.15, 0.2) is 0 Å². The number of rotatable bonds is 22. The van der Waals surface area contributed by atoms with E-state index in [-0.39, 0.29) is 0 Å². The number of benzene rings is 2. The minimum atomic E-state index is 0.662. The number of hydrogen-bond acceptors (Lipinski definition) is 1. The van der Waals surface area contributed by atoms with Crippen LogP contribution in [0.2, 0.25) is 0 Å². The minimum Gasteiger partial charge on any atom is -0.373 e. The van der Waals surface area contributed by atoms with Crippen LogP contribution >= 0.6 is 0 Å². The van der Waals surface area contributed by atoms with Crippen molar-refractivity contribution in [3.63, 3.8) is 0 Å². The monoisotopic (exact) mass is 803 g/mol. The fraction of sp³-hybridized carbons (Fsp3) is 0.724. The molecule has 0 spiro atoms. The molecule has 0 radical (unpaired) electrons. The summed E-state index contributed by atoms with van der Waals surface area (Å²) in [5.74, 6) is 6.64. The van der Waals surface area contributed by atoms with Crippen LogP contribution < -0.4 is 0 Å². The highest BCUT2D eigenvalue weighted by Crippen LogP contribution is 2.43. The average Bonchev–Trinajstić information content (AvgIpc) is 3.28. The maximum atomic E-state index is 6.64. The predicted molar refractivity (Wildman–Crippen MR) is 258 cm³/mol. The third-order valence-corrected chi connectivity index (χ3v) is 16.4. The molecule has 0 heterocycles. The van der Waals surface area contributed by atoms with Gasteiger partial charge in [0.2, 0.25) is 0 Å². The zero-order valence-corrected chi connectivity index (χ0v) is 39.0. The summed E-state index contributed by atoms with van der Waals surface area (Å²) in [5.41, 5.74) is 9.22.